The third kappa shape index (κ3) is 7.97. The minimum absolute atomic E-state index is 0.0632. The molecule has 0 bridgehead atoms. The number of para-hydroxylation sites is 1. The summed E-state index contributed by atoms with van der Waals surface area (Å²) in [6.07, 6.45) is -0.619. The van der Waals surface area contributed by atoms with Gasteiger partial charge >= 0.3 is 0 Å². The van der Waals surface area contributed by atoms with Crippen LogP contribution in [0.1, 0.15) is 0 Å². The van der Waals surface area contributed by atoms with E-state index in [1.165, 1.54) is 0 Å². The number of hydrogen-bond acceptors (Lipinski definition) is 8. The number of thiazole rings is 1. The summed E-state index contributed by atoms with van der Waals surface area (Å²) in [6, 6.07) is 33.0. The molecule has 1 fully saturated rings. The first-order chi connectivity index (χ1) is 21.1. The molecule has 0 unspecified atom stereocenters. The highest BCUT2D eigenvalue weighted by Gasteiger charge is 2.21. The van der Waals surface area contributed by atoms with Gasteiger partial charge in [0.05, 0.1) is 16.8 Å². The van der Waals surface area contributed by atoms with Gasteiger partial charge in [0, 0.05) is 56.1 Å². The number of piperazine rings is 1. The zero-order valence-electron chi connectivity index (χ0n) is 23.8. The minimum atomic E-state index is -0.619. The van der Waals surface area contributed by atoms with Gasteiger partial charge in [-0.15, -0.1) is 11.3 Å². The number of carbonyl (C=O) groups excluding carboxylic acids is 1. The fourth-order valence-corrected chi connectivity index (χ4v) is 5.99. The predicted molar refractivity (Wildman–Crippen MR) is 171 cm³/mol. The number of anilines is 1. The van der Waals surface area contributed by atoms with Crippen molar-refractivity contribution in [1.29, 1.82) is 0 Å². The van der Waals surface area contributed by atoms with Gasteiger partial charge in [-0.1, -0.05) is 54.6 Å². The summed E-state index contributed by atoms with van der Waals surface area (Å²) in [7, 11) is 0. The molecule has 2 heterocycles. The van der Waals surface area contributed by atoms with Crippen LogP contribution in [-0.4, -0.2) is 77.8 Å². The number of fused-ring (bicyclic) bond motifs is 1. The summed E-state index contributed by atoms with van der Waals surface area (Å²) in [5, 5.41) is 14.6. The molecule has 5 aromatic rings. The van der Waals surface area contributed by atoms with Crippen LogP contribution >= 0.6 is 11.3 Å². The molecule has 220 valence electrons. The molecule has 8 nitrogen and oxygen atoms in total. The number of benzene rings is 4. The number of nitrogens with zero attached hydrogens (tertiary/aromatic N) is 3. The number of amides is 1. The van der Waals surface area contributed by atoms with Gasteiger partial charge in [-0.3, -0.25) is 14.6 Å². The molecular weight excluding hydrogens is 560 g/mol. The summed E-state index contributed by atoms with van der Waals surface area (Å²) in [4.78, 5) is 21.8. The lowest BCUT2D eigenvalue weighted by Crippen LogP contribution is -2.50. The van der Waals surface area contributed by atoms with Crippen molar-refractivity contribution in [3.8, 4) is 27.8 Å². The number of rotatable bonds is 11. The molecule has 43 heavy (non-hydrogen) atoms. The Balaban J connectivity index is 0.920. The molecule has 1 aromatic heterocycles. The lowest BCUT2D eigenvalue weighted by atomic mass is 10.2. The number of aliphatic hydroxyl groups is 1. The Morgan fingerprint density at radius 3 is 2.35 bits per heavy atom. The Morgan fingerprint density at radius 1 is 0.837 bits per heavy atom. The first-order valence-corrected chi connectivity index (χ1v) is 15.2. The molecule has 0 spiro atoms. The fourth-order valence-electron chi connectivity index (χ4n) is 5.04. The Bertz CT molecular complexity index is 1640. The predicted octanol–water partition coefficient (Wildman–Crippen LogP) is 5.75. The highest BCUT2D eigenvalue weighted by molar-refractivity contribution is 7.21. The van der Waals surface area contributed by atoms with Crippen LogP contribution in [0.5, 0.6) is 17.2 Å². The molecular formula is C34H34N4O4S. The molecule has 6 rings (SSSR count). The van der Waals surface area contributed by atoms with E-state index < -0.39 is 6.10 Å². The molecule has 9 heteroatoms. The smallest absolute Gasteiger partial charge is 0.238 e. The molecule has 1 aliphatic rings. The monoisotopic (exact) mass is 594 g/mol. The van der Waals surface area contributed by atoms with Crippen molar-refractivity contribution in [2.75, 3.05) is 51.2 Å². The fraction of sp³-hybridized carbons (Fsp3) is 0.235. The quantitative estimate of drug-likeness (QED) is 0.201. The summed E-state index contributed by atoms with van der Waals surface area (Å²) in [5.41, 5.74) is 2.69. The maximum Gasteiger partial charge on any atom is 0.238 e. The zero-order chi connectivity index (χ0) is 29.4. The van der Waals surface area contributed by atoms with Crippen molar-refractivity contribution in [3.63, 3.8) is 0 Å². The number of ether oxygens (including phenoxy) is 2. The van der Waals surface area contributed by atoms with E-state index in [4.69, 9.17) is 14.5 Å². The molecule has 0 radical (unpaired) electrons. The van der Waals surface area contributed by atoms with Crippen LogP contribution in [0.25, 0.3) is 20.8 Å². The van der Waals surface area contributed by atoms with Crippen LogP contribution in [-0.2, 0) is 4.79 Å². The van der Waals surface area contributed by atoms with Gasteiger partial charge in [0.1, 0.15) is 35.0 Å². The number of aliphatic hydroxyl groups excluding tert-OH is 1. The van der Waals surface area contributed by atoms with Crippen LogP contribution in [0.3, 0.4) is 0 Å². The number of β-amino-alcohol motifs (C(OH)–C–C–N with tert-alkyl or cyclic N) is 1. The average molecular weight is 595 g/mol. The van der Waals surface area contributed by atoms with Gasteiger partial charge in [0.15, 0.2) is 0 Å². The second-order valence-corrected chi connectivity index (χ2v) is 11.6. The van der Waals surface area contributed by atoms with Crippen LogP contribution in [0, 0.1) is 0 Å². The summed E-state index contributed by atoms with van der Waals surface area (Å²) < 4.78 is 12.9. The standard InChI is InChI=1S/C34H34N4O4S/c39-27(24-41-29-14-15-32-31(21-29)36-34(43-32)25-8-3-1-4-9-25)22-37-16-18-38(19-17-37)23-33(40)35-26-10-7-13-30(20-26)42-28-11-5-2-6-12-28/h1-15,20-21,27,39H,16-19,22-24H2,(H,35,40)/t27-/m1/s1. The normalized spacial score (nSPS) is 14.8. The van der Waals surface area contributed by atoms with Crippen molar-refractivity contribution in [2.45, 2.75) is 6.10 Å². The molecule has 1 atom stereocenters. The lowest BCUT2D eigenvalue weighted by Gasteiger charge is -2.35. The van der Waals surface area contributed by atoms with Crippen molar-refractivity contribution in [3.05, 3.63) is 103 Å². The number of nitrogens with one attached hydrogen (secondary N) is 1. The molecule has 4 aromatic carbocycles. The molecule has 1 amide bonds. The summed E-state index contributed by atoms with van der Waals surface area (Å²) in [6.45, 7) is 4.09. The summed E-state index contributed by atoms with van der Waals surface area (Å²) in [5.74, 6) is 2.05. The highest BCUT2D eigenvalue weighted by Crippen LogP contribution is 2.32. The Morgan fingerprint density at radius 2 is 1.56 bits per heavy atom. The number of aromatic nitrogens is 1. The van der Waals surface area contributed by atoms with E-state index in [0.29, 0.717) is 30.3 Å². The Hall–Kier alpha value is -4.28. The maximum absolute atomic E-state index is 12.7. The minimum Gasteiger partial charge on any atom is -0.491 e. The third-order valence-electron chi connectivity index (χ3n) is 7.22. The molecule has 0 saturated carbocycles. The molecule has 0 aliphatic carbocycles. The van der Waals surface area contributed by atoms with E-state index in [0.717, 1.165) is 52.7 Å². The largest absolute Gasteiger partial charge is 0.491 e. The van der Waals surface area contributed by atoms with Gasteiger partial charge in [-0.25, -0.2) is 4.98 Å². The van der Waals surface area contributed by atoms with Crippen LogP contribution in [0.2, 0.25) is 0 Å². The van der Waals surface area contributed by atoms with E-state index in [-0.39, 0.29) is 12.5 Å². The zero-order valence-corrected chi connectivity index (χ0v) is 24.6. The first-order valence-electron chi connectivity index (χ1n) is 14.4. The first kappa shape index (κ1) is 28.8. The number of carbonyl (C=O) groups is 1. The van der Waals surface area contributed by atoms with E-state index in [1.54, 1.807) is 11.3 Å². The van der Waals surface area contributed by atoms with Gasteiger partial charge < -0.3 is 19.9 Å². The Kier molecular flexibility index (Phi) is 9.25. The van der Waals surface area contributed by atoms with Crippen molar-refractivity contribution in [1.82, 2.24) is 14.8 Å². The lowest BCUT2D eigenvalue weighted by molar-refractivity contribution is -0.117. The second kappa shape index (κ2) is 13.8. The SMILES string of the molecule is O=C(CN1CCN(C[C@@H](O)COc2ccc3sc(-c4ccccc4)nc3c2)CC1)Nc1cccc(Oc2ccccc2)c1. The molecule has 2 N–H and O–H groups in total. The van der Waals surface area contributed by atoms with E-state index in [2.05, 4.69) is 27.2 Å². The van der Waals surface area contributed by atoms with Crippen LogP contribution in [0.4, 0.5) is 5.69 Å². The van der Waals surface area contributed by atoms with E-state index in [9.17, 15) is 9.90 Å². The van der Waals surface area contributed by atoms with Crippen LogP contribution < -0.4 is 14.8 Å². The van der Waals surface area contributed by atoms with E-state index >= 15 is 0 Å². The van der Waals surface area contributed by atoms with Gasteiger partial charge in [0.2, 0.25) is 5.91 Å². The topological polar surface area (TPSA) is 87.2 Å². The third-order valence-corrected chi connectivity index (χ3v) is 8.31. The van der Waals surface area contributed by atoms with Crippen LogP contribution in [0.15, 0.2) is 103 Å². The molecule has 1 aliphatic heterocycles. The maximum atomic E-state index is 12.7. The molecule has 1 saturated heterocycles. The van der Waals surface area contributed by atoms with E-state index in [1.807, 2.05) is 91.0 Å². The van der Waals surface area contributed by atoms with Crippen molar-refractivity contribution >= 4 is 33.1 Å². The Labute approximate surface area is 255 Å². The highest BCUT2D eigenvalue weighted by atomic mass is 32.1. The van der Waals surface area contributed by atoms with Crippen molar-refractivity contribution < 1.29 is 19.4 Å². The number of hydrogen-bond donors (Lipinski definition) is 2. The average Bonchev–Trinajstić information content (AvgIpc) is 3.46. The van der Waals surface area contributed by atoms with Gasteiger partial charge in [-0.2, -0.15) is 0 Å². The summed E-state index contributed by atoms with van der Waals surface area (Å²) >= 11 is 1.65. The van der Waals surface area contributed by atoms with Crippen molar-refractivity contribution in [2.24, 2.45) is 0 Å². The van der Waals surface area contributed by atoms with Gasteiger partial charge in [-0.05, 0) is 36.4 Å². The van der Waals surface area contributed by atoms with Gasteiger partial charge in [0.25, 0.3) is 0 Å². The second-order valence-electron chi connectivity index (χ2n) is 10.5.